The smallest absolute Gasteiger partial charge is 0.133 e. The van der Waals surface area contributed by atoms with Crippen molar-refractivity contribution in [2.45, 2.75) is 27.3 Å². The molecule has 0 saturated heterocycles. The Morgan fingerprint density at radius 3 is 2.43 bits per heavy atom. The van der Waals surface area contributed by atoms with E-state index in [1.165, 1.54) is 5.56 Å². The molecule has 112 valence electrons. The van der Waals surface area contributed by atoms with E-state index in [1.807, 2.05) is 12.1 Å². The number of nitrogens with zero attached hydrogens (tertiary/aromatic N) is 2. The van der Waals surface area contributed by atoms with Crippen LogP contribution in [0.5, 0.6) is 0 Å². The van der Waals surface area contributed by atoms with Crippen LogP contribution in [-0.4, -0.2) is 18.1 Å². The monoisotopic (exact) mass is 303 g/mol. The van der Waals surface area contributed by atoms with Crippen LogP contribution in [0.15, 0.2) is 36.4 Å². The van der Waals surface area contributed by atoms with Gasteiger partial charge in [-0.05, 0) is 44.7 Å². The maximum atomic E-state index is 6.23. The molecule has 1 heterocycles. The predicted octanol–water partition coefficient (Wildman–Crippen LogP) is 4.31. The van der Waals surface area contributed by atoms with Crippen LogP contribution in [0.1, 0.15) is 25.1 Å². The fraction of sp³-hybridized carbons (Fsp3) is 0.353. The van der Waals surface area contributed by atoms with Gasteiger partial charge in [0.25, 0.3) is 0 Å². The molecule has 0 radical (unpaired) electrons. The minimum atomic E-state index is 0.689. The van der Waals surface area contributed by atoms with Crippen LogP contribution in [0.3, 0.4) is 0 Å². The molecule has 1 N–H and O–H groups in total. The van der Waals surface area contributed by atoms with Gasteiger partial charge in [-0.2, -0.15) is 0 Å². The van der Waals surface area contributed by atoms with E-state index >= 15 is 0 Å². The summed E-state index contributed by atoms with van der Waals surface area (Å²) >= 11 is 6.23. The van der Waals surface area contributed by atoms with Crippen LogP contribution in [0.2, 0.25) is 5.02 Å². The van der Waals surface area contributed by atoms with E-state index in [2.05, 4.69) is 55.3 Å². The lowest BCUT2D eigenvalue weighted by molar-refractivity contribution is 0.710. The van der Waals surface area contributed by atoms with Crippen molar-refractivity contribution in [2.24, 2.45) is 0 Å². The normalized spacial score (nSPS) is 10.7. The van der Waals surface area contributed by atoms with Crippen molar-refractivity contribution in [2.75, 3.05) is 18.0 Å². The summed E-state index contributed by atoms with van der Waals surface area (Å²) in [7, 11) is 0. The first kappa shape index (κ1) is 15.8. The van der Waals surface area contributed by atoms with Gasteiger partial charge in [0.2, 0.25) is 0 Å². The largest absolute Gasteiger partial charge is 0.327 e. The molecule has 1 aromatic heterocycles. The molecule has 4 heteroatoms. The molecule has 0 unspecified atom stereocenters. The van der Waals surface area contributed by atoms with Crippen LogP contribution in [-0.2, 0) is 6.54 Å². The molecule has 0 saturated carbocycles. The average molecular weight is 304 g/mol. The molecule has 0 aliphatic rings. The molecule has 0 atom stereocenters. The fourth-order valence-corrected chi connectivity index (χ4v) is 2.36. The zero-order valence-electron chi connectivity index (χ0n) is 12.9. The average Bonchev–Trinajstić information content (AvgIpc) is 2.50. The molecule has 0 bridgehead atoms. The fourth-order valence-electron chi connectivity index (χ4n) is 2.19. The Balaban J connectivity index is 2.31. The highest BCUT2D eigenvalue weighted by molar-refractivity contribution is 6.31. The Morgan fingerprint density at radius 1 is 1.10 bits per heavy atom. The number of nitrogens with one attached hydrogen (secondary N) is 1. The molecule has 0 aliphatic heterocycles. The van der Waals surface area contributed by atoms with Crippen molar-refractivity contribution in [1.29, 1.82) is 0 Å². The summed E-state index contributed by atoms with van der Waals surface area (Å²) in [5.74, 6) is 0.929. The second-order valence-electron chi connectivity index (χ2n) is 4.96. The van der Waals surface area contributed by atoms with Crippen molar-refractivity contribution in [1.82, 2.24) is 10.3 Å². The number of halogens is 1. The molecule has 1 aromatic carbocycles. The van der Waals surface area contributed by atoms with Crippen LogP contribution in [0.4, 0.5) is 11.5 Å². The van der Waals surface area contributed by atoms with E-state index in [9.17, 15) is 0 Å². The van der Waals surface area contributed by atoms with E-state index in [0.717, 1.165) is 30.3 Å². The number of anilines is 2. The van der Waals surface area contributed by atoms with Gasteiger partial charge < -0.3 is 10.2 Å². The van der Waals surface area contributed by atoms with Crippen LogP contribution >= 0.6 is 11.6 Å². The quantitative estimate of drug-likeness (QED) is 0.862. The summed E-state index contributed by atoms with van der Waals surface area (Å²) in [6.07, 6.45) is 0. The molecular formula is C17H22ClN3. The number of hydrogen-bond donors (Lipinski definition) is 1. The maximum absolute atomic E-state index is 6.23. The third-order valence-electron chi connectivity index (χ3n) is 3.38. The molecule has 3 nitrogen and oxygen atoms in total. The van der Waals surface area contributed by atoms with Gasteiger partial charge in [-0.15, -0.1) is 0 Å². The first-order valence-corrected chi connectivity index (χ1v) is 7.73. The standard InChI is InChI=1S/C17H22ClN3/c1-4-19-12-16-15(18)10-11-17(20-16)21(5-2)14-8-6-13(3)7-9-14/h6-11,19H,4-5,12H2,1-3H3. The highest BCUT2D eigenvalue weighted by atomic mass is 35.5. The highest BCUT2D eigenvalue weighted by Gasteiger charge is 2.11. The predicted molar refractivity (Wildman–Crippen MR) is 90.5 cm³/mol. The van der Waals surface area contributed by atoms with Gasteiger partial charge in [0.1, 0.15) is 5.82 Å². The number of rotatable bonds is 6. The maximum Gasteiger partial charge on any atom is 0.133 e. The van der Waals surface area contributed by atoms with Gasteiger partial charge in [0, 0.05) is 18.8 Å². The van der Waals surface area contributed by atoms with E-state index in [4.69, 9.17) is 16.6 Å². The minimum Gasteiger partial charge on any atom is -0.327 e. The van der Waals surface area contributed by atoms with E-state index in [-0.39, 0.29) is 0 Å². The Labute approximate surface area is 132 Å². The second kappa shape index (κ2) is 7.43. The summed E-state index contributed by atoms with van der Waals surface area (Å²) in [4.78, 5) is 6.90. The zero-order valence-corrected chi connectivity index (χ0v) is 13.6. The lowest BCUT2D eigenvalue weighted by atomic mass is 10.2. The van der Waals surface area contributed by atoms with Gasteiger partial charge in [-0.25, -0.2) is 4.98 Å². The van der Waals surface area contributed by atoms with Gasteiger partial charge in [-0.1, -0.05) is 36.2 Å². The lowest BCUT2D eigenvalue weighted by Gasteiger charge is -2.23. The molecule has 0 fully saturated rings. The third-order valence-corrected chi connectivity index (χ3v) is 3.73. The Morgan fingerprint density at radius 2 is 1.81 bits per heavy atom. The highest BCUT2D eigenvalue weighted by Crippen LogP contribution is 2.26. The lowest BCUT2D eigenvalue weighted by Crippen LogP contribution is -2.19. The Hall–Kier alpha value is -1.58. The van der Waals surface area contributed by atoms with Gasteiger partial charge >= 0.3 is 0 Å². The first-order valence-electron chi connectivity index (χ1n) is 7.36. The topological polar surface area (TPSA) is 28.2 Å². The van der Waals surface area contributed by atoms with Crippen molar-refractivity contribution in [3.63, 3.8) is 0 Å². The van der Waals surface area contributed by atoms with E-state index < -0.39 is 0 Å². The first-order chi connectivity index (χ1) is 10.2. The van der Waals surface area contributed by atoms with Crippen molar-refractivity contribution >= 4 is 23.1 Å². The number of pyridine rings is 1. The second-order valence-corrected chi connectivity index (χ2v) is 5.37. The van der Waals surface area contributed by atoms with Crippen LogP contribution in [0, 0.1) is 6.92 Å². The Kier molecular flexibility index (Phi) is 5.59. The minimum absolute atomic E-state index is 0.689. The Bertz CT molecular complexity index is 581. The van der Waals surface area contributed by atoms with Crippen LogP contribution < -0.4 is 10.2 Å². The third kappa shape index (κ3) is 3.96. The summed E-state index contributed by atoms with van der Waals surface area (Å²) in [5.41, 5.74) is 3.29. The van der Waals surface area contributed by atoms with Crippen LogP contribution in [0.25, 0.3) is 0 Å². The zero-order chi connectivity index (χ0) is 15.2. The molecule has 21 heavy (non-hydrogen) atoms. The molecule has 0 aliphatic carbocycles. The summed E-state index contributed by atoms with van der Waals surface area (Å²) in [5, 5.41) is 3.98. The molecule has 0 spiro atoms. The van der Waals surface area contributed by atoms with Crippen molar-refractivity contribution in [3.05, 3.63) is 52.7 Å². The summed E-state index contributed by atoms with van der Waals surface area (Å²) < 4.78 is 0. The van der Waals surface area contributed by atoms with E-state index in [0.29, 0.717) is 11.6 Å². The van der Waals surface area contributed by atoms with Gasteiger partial charge in [0.05, 0.1) is 10.7 Å². The summed E-state index contributed by atoms with van der Waals surface area (Å²) in [6, 6.07) is 12.4. The van der Waals surface area contributed by atoms with Gasteiger partial charge in [0.15, 0.2) is 0 Å². The molecule has 0 amide bonds. The molecular weight excluding hydrogens is 282 g/mol. The number of hydrogen-bond acceptors (Lipinski definition) is 3. The summed E-state index contributed by atoms with van der Waals surface area (Å²) in [6.45, 7) is 8.74. The SMILES string of the molecule is CCNCc1nc(N(CC)c2ccc(C)cc2)ccc1Cl. The molecule has 2 aromatic rings. The van der Waals surface area contributed by atoms with Crippen molar-refractivity contribution < 1.29 is 0 Å². The van der Waals surface area contributed by atoms with E-state index in [1.54, 1.807) is 0 Å². The number of aromatic nitrogens is 1. The molecule has 2 rings (SSSR count). The van der Waals surface area contributed by atoms with Crippen molar-refractivity contribution in [3.8, 4) is 0 Å². The van der Waals surface area contributed by atoms with Gasteiger partial charge in [-0.3, -0.25) is 0 Å². The number of benzene rings is 1. The number of aryl methyl sites for hydroxylation is 1.